The second-order valence-corrected chi connectivity index (χ2v) is 15.6. The number of nitrogens with zero attached hydrogens (tertiary/aromatic N) is 2. The Labute approximate surface area is 351 Å². The molecule has 0 bridgehead atoms. The van der Waals surface area contributed by atoms with E-state index in [-0.39, 0.29) is 0 Å². The molecule has 0 aromatic heterocycles. The van der Waals surface area contributed by atoms with E-state index in [1.54, 1.807) is 0 Å². The van der Waals surface area contributed by atoms with Crippen LogP contribution in [0.3, 0.4) is 0 Å². The first kappa shape index (κ1) is 37.9. The fourth-order valence-electron chi connectivity index (χ4n) is 9.64. The molecule has 0 radical (unpaired) electrons. The van der Waals surface area contributed by atoms with Crippen LogP contribution in [-0.4, -0.2) is 0 Å². The van der Waals surface area contributed by atoms with Gasteiger partial charge in [0.2, 0.25) is 0 Å². The topological polar surface area (TPSA) is 6.48 Å². The Morgan fingerprint density at radius 3 is 0.932 bits per heavy atom. The van der Waals surface area contributed by atoms with Gasteiger partial charge in [-0.25, -0.2) is 0 Å². The molecule has 9 rings (SSSR count). The number of para-hydroxylation sites is 4. The van der Waals surface area contributed by atoms with Crippen LogP contribution >= 0.6 is 0 Å². The van der Waals surface area contributed by atoms with E-state index in [2.05, 4.69) is 232 Å². The Morgan fingerprint density at radius 2 is 0.627 bits per heavy atom. The van der Waals surface area contributed by atoms with Gasteiger partial charge in [-0.05, 0) is 154 Å². The quantitative estimate of drug-likeness (QED) is 0.122. The van der Waals surface area contributed by atoms with Crippen molar-refractivity contribution in [3.8, 4) is 11.1 Å². The van der Waals surface area contributed by atoms with Crippen molar-refractivity contribution in [2.24, 2.45) is 0 Å². The first-order valence-corrected chi connectivity index (χ1v) is 21.4. The van der Waals surface area contributed by atoms with Crippen LogP contribution in [0.5, 0.6) is 0 Å². The highest BCUT2D eigenvalue weighted by Gasteiger charge is 2.47. The van der Waals surface area contributed by atoms with Crippen LogP contribution in [0.2, 0.25) is 0 Å². The van der Waals surface area contributed by atoms with Gasteiger partial charge in [0.1, 0.15) is 0 Å². The van der Waals surface area contributed by atoms with Gasteiger partial charge >= 0.3 is 0 Å². The minimum atomic E-state index is -0.610. The minimum absolute atomic E-state index is 0.610. The van der Waals surface area contributed by atoms with E-state index in [4.69, 9.17) is 0 Å². The fraction of sp³-hybridized carbons (Fsp3) is 0.158. The summed E-state index contributed by atoms with van der Waals surface area (Å²) in [5.74, 6) is 0. The first-order valence-electron chi connectivity index (χ1n) is 21.4. The van der Waals surface area contributed by atoms with Crippen LogP contribution in [0.25, 0.3) is 11.1 Å². The molecular formula is C57H52N2. The zero-order chi connectivity index (χ0) is 40.3. The molecule has 2 heteroatoms. The maximum Gasteiger partial charge on any atom is 0.0715 e. The molecular weight excluding hydrogens is 713 g/mol. The van der Waals surface area contributed by atoms with Crippen LogP contribution in [0.15, 0.2) is 194 Å². The van der Waals surface area contributed by atoms with Crippen molar-refractivity contribution in [3.63, 3.8) is 0 Å². The third-order valence-electron chi connectivity index (χ3n) is 12.5. The van der Waals surface area contributed by atoms with Crippen LogP contribution < -0.4 is 9.80 Å². The van der Waals surface area contributed by atoms with Crippen molar-refractivity contribution in [2.75, 3.05) is 9.80 Å². The van der Waals surface area contributed by atoms with Crippen molar-refractivity contribution in [3.05, 3.63) is 239 Å². The Morgan fingerprint density at radius 1 is 0.305 bits per heavy atom. The summed E-state index contributed by atoms with van der Waals surface area (Å²) in [6.07, 6.45) is 3.98. The second-order valence-electron chi connectivity index (χ2n) is 15.6. The van der Waals surface area contributed by atoms with Crippen molar-refractivity contribution in [2.45, 2.75) is 58.8 Å². The molecule has 59 heavy (non-hydrogen) atoms. The van der Waals surface area contributed by atoms with Gasteiger partial charge in [-0.2, -0.15) is 0 Å². The van der Waals surface area contributed by atoms with Crippen molar-refractivity contribution >= 4 is 34.1 Å². The number of fused-ring (bicyclic) bond motifs is 3. The van der Waals surface area contributed by atoms with Gasteiger partial charge in [0, 0.05) is 34.1 Å². The van der Waals surface area contributed by atoms with Crippen molar-refractivity contribution < 1.29 is 0 Å². The summed E-state index contributed by atoms with van der Waals surface area (Å²) < 4.78 is 0. The highest BCUT2D eigenvalue weighted by molar-refractivity contribution is 5.92. The summed E-state index contributed by atoms with van der Waals surface area (Å²) >= 11 is 0. The average molecular weight is 765 g/mol. The number of anilines is 6. The molecule has 290 valence electrons. The van der Waals surface area contributed by atoms with Crippen LogP contribution in [0.4, 0.5) is 34.1 Å². The van der Waals surface area contributed by atoms with Crippen LogP contribution in [0.1, 0.15) is 72.2 Å². The molecule has 0 heterocycles. The van der Waals surface area contributed by atoms with E-state index in [1.807, 2.05) is 0 Å². The third-order valence-corrected chi connectivity index (χ3v) is 12.5. The van der Waals surface area contributed by atoms with Gasteiger partial charge in [0.25, 0.3) is 0 Å². The van der Waals surface area contributed by atoms with Gasteiger partial charge in [0.15, 0.2) is 0 Å². The Balaban J connectivity index is 1.39. The van der Waals surface area contributed by atoms with Gasteiger partial charge in [-0.1, -0.05) is 149 Å². The van der Waals surface area contributed by atoms with Crippen LogP contribution in [0, 0.1) is 0 Å². The summed E-state index contributed by atoms with van der Waals surface area (Å²) in [4.78, 5) is 4.81. The molecule has 0 saturated carbocycles. The number of aryl methyl sites for hydroxylation is 4. The van der Waals surface area contributed by atoms with Crippen molar-refractivity contribution in [1.82, 2.24) is 0 Å². The summed E-state index contributed by atoms with van der Waals surface area (Å²) in [6, 6.07) is 72.3. The predicted molar refractivity (Wildman–Crippen MR) is 251 cm³/mol. The highest BCUT2D eigenvalue weighted by Crippen LogP contribution is 2.59. The molecule has 1 aliphatic rings. The molecule has 0 saturated heterocycles. The summed E-state index contributed by atoms with van der Waals surface area (Å²) in [5.41, 5.74) is 19.6. The summed E-state index contributed by atoms with van der Waals surface area (Å²) in [7, 11) is 0. The normalized spacial score (nSPS) is 12.5. The molecule has 0 atom stereocenters. The van der Waals surface area contributed by atoms with Gasteiger partial charge in [-0.15, -0.1) is 0 Å². The Kier molecular flexibility index (Phi) is 10.5. The smallest absolute Gasteiger partial charge is 0.0715 e. The lowest BCUT2D eigenvalue weighted by molar-refractivity contribution is 0.760. The average Bonchev–Trinajstić information content (AvgIpc) is 3.59. The molecule has 8 aromatic carbocycles. The maximum absolute atomic E-state index is 2.54. The molecule has 0 N–H and O–H groups in total. The van der Waals surface area contributed by atoms with E-state index >= 15 is 0 Å². The first-order chi connectivity index (χ1) is 29.1. The SMILES string of the molecule is CCc1ccc(C2(c3ccc(CC)c(CC)c3)c3cc(N(c4ccccc4)c4ccccc4)ccc3-c3ccc(N(c4ccccc4)c4ccccc4)cc32)cc1CC. The largest absolute Gasteiger partial charge is 0.310 e. The Hall–Kier alpha value is -6.64. The minimum Gasteiger partial charge on any atom is -0.310 e. The number of hydrogen-bond acceptors (Lipinski definition) is 2. The molecule has 0 amide bonds. The van der Waals surface area contributed by atoms with Gasteiger partial charge < -0.3 is 9.80 Å². The number of rotatable bonds is 12. The lowest BCUT2D eigenvalue weighted by atomic mass is 9.66. The molecule has 0 spiro atoms. The van der Waals surface area contributed by atoms with E-state index in [0.29, 0.717) is 0 Å². The highest BCUT2D eigenvalue weighted by atomic mass is 15.1. The molecule has 0 unspecified atom stereocenters. The van der Waals surface area contributed by atoms with Gasteiger partial charge in [0.05, 0.1) is 5.41 Å². The number of benzene rings is 8. The molecule has 1 aliphatic carbocycles. The zero-order valence-corrected chi connectivity index (χ0v) is 34.7. The molecule has 2 nitrogen and oxygen atoms in total. The molecule has 0 aliphatic heterocycles. The van der Waals surface area contributed by atoms with Gasteiger partial charge in [-0.3, -0.25) is 0 Å². The monoisotopic (exact) mass is 764 g/mol. The second kappa shape index (κ2) is 16.3. The Bertz CT molecular complexity index is 2430. The summed E-state index contributed by atoms with van der Waals surface area (Å²) in [6.45, 7) is 9.17. The fourth-order valence-corrected chi connectivity index (χ4v) is 9.64. The standard InChI is InChI=1S/C57H52N2/c1-5-41-29-31-45(37-43(41)7-3)57(46-32-30-42(6-2)44(8-4)38-46)55-39-51(58(47-21-13-9-14-22-47)48-23-15-10-16-24-48)33-35-53(55)54-36-34-52(40-56(54)57)59(49-25-17-11-18-26-49)50-27-19-12-20-28-50/h9-40H,5-8H2,1-4H3. The lowest BCUT2D eigenvalue weighted by Gasteiger charge is -2.36. The maximum atomic E-state index is 2.54. The number of hydrogen-bond donors (Lipinski definition) is 0. The van der Waals surface area contributed by atoms with Crippen molar-refractivity contribution in [1.29, 1.82) is 0 Å². The van der Waals surface area contributed by atoms with Crippen LogP contribution in [-0.2, 0) is 31.1 Å². The molecule has 0 fully saturated rings. The lowest BCUT2D eigenvalue weighted by Crippen LogP contribution is -2.30. The summed E-state index contributed by atoms with van der Waals surface area (Å²) in [5, 5.41) is 0. The third kappa shape index (κ3) is 6.63. The van der Waals surface area contributed by atoms with E-state index in [1.165, 1.54) is 55.6 Å². The van der Waals surface area contributed by atoms with E-state index in [9.17, 15) is 0 Å². The van der Waals surface area contributed by atoms with E-state index < -0.39 is 5.41 Å². The van der Waals surface area contributed by atoms with E-state index in [0.717, 1.165) is 59.8 Å². The zero-order valence-electron chi connectivity index (χ0n) is 34.7. The molecule has 8 aromatic rings. The predicted octanol–water partition coefficient (Wildman–Crippen LogP) is 15.2.